The predicted octanol–water partition coefficient (Wildman–Crippen LogP) is 4.17. The summed E-state index contributed by atoms with van der Waals surface area (Å²) in [6.45, 7) is 8.42. The van der Waals surface area contributed by atoms with E-state index in [4.69, 9.17) is 34.8 Å². The molecule has 1 atom stereocenters. The van der Waals surface area contributed by atoms with Crippen LogP contribution in [0.25, 0.3) is 0 Å². The van der Waals surface area contributed by atoms with Gasteiger partial charge in [0.25, 0.3) is 0 Å². The Bertz CT molecular complexity index is 386. The molecule has 1 aromatic carbocycles. The van der Waals surface area contributed by atoms with E-state index in [1.807, 2.05) is 30.3 Å². The summed E-state index contributed by atoms with van der Waals surface area (Å²) in [5, 5.41) is 3.39. The standard InChI is InChI=1S/C15H24Cl3N2/c1-4-20(3,5-2)12-11-19-14(15(16,17)18)13-9-7-6-8-10-13/h6-10,14,19H,4-5,11-12H2,1-3H3/q+1/t14-/m0/s1. The molecule has 0 fully saturated rings. The van der Waals surface area contributed by atoms with Crippen LogP contribution in [0.1, 0.15) is 25.5 Å². The van der Waals surface area contributed by atoms with E-state index < -0.39 is 3.79 Å². The molecular weight excluding hydrogens is 315 g/mol. The molecule has 1 aromatic rings. The Morgan fingerprint density at radius 3 is 2.10 bits per heavy atom. The highest BCUT2D eigenvalue weighted by atomic mass is 35.6. The van der Waals surface area contributed by atoms with E-state index in [0.29, 0.717) is 0 Å². The summed E-state index contributed by atoms with van der Waals surface area (Å²) in [4.78, 5) is 0. The molecular formula is C15H24Cl3N2+. The first-order valence-electron chi connectivity index (χ1n) is 7.01. The number of alkyl halides is 3. The van der Waals surface area contributed by atoms with Crippen LogP contribution in [0.4, 0.5) is 0 Å². The summed E-state index contributed by atoms with van der Waals surface area (Å²) in [7, 11) is 2.24. The van der Waals surface area contributed by atoms with Crippen molar-refractivity contribution in [3.63, 3.8) is 0 Å². The highest BCUT2D eigenvalue weighted by molar-refractivity contribution is 6.68. The minimum absolute atomic E-state index is 0.295. The third kappa shape index (κ3) is 5.42. The zero-order valence-electron chi connectivity index (χ0n) is 12.4. The van der Waals surface area contributed by atoms with Crippen molar-refractivity contribution in [2.45, 2.75) is 23.7 Å². The zero-order chi connectivity index (χ0) is 15.2. The van der Waals surface area contributed by atoms with Gasteiger partial charge in [0, 0.05) is 6.54 Å². The summed E-state index contributed by atoms with van der Waals surface area (Å²) in [5.74, 6) is 0. The Morgan fingerprint density at radius 1 is 1.10 bits per heavy atom. The fourth-order valence-corrected chi connectivity index (χ4v) is 2.70. The molecule has 0 aliphatic rings. The molecule has 0 unspecified atom stereocenters. The second-order valence-corrected chi connectivity index (χ2v) is 7.68. The molecule has 20 heavy (non-hydrogen) atoms. The molecule has 0 saturated heterocycles. The smallest absolute Gasteiger partial charge is 0.209 e. The van der Waals surface area contributed by atoms with Gasteiger partial charge in [0.15, 0.2) is 0 Å². The predicted molar refractivity (Wildman–Crippen MR) is 89.6 cm³/mol. The number of quaternary nitrogens is 1. The minimum atomic E-state index is -1.36. The fraction of sp³-hybridized carbons (Fsp3) is 0.600. The van der Waals surface area contributed by atoms with Crippen LogP contribution in [0, 0.1) is 0 Å². The van der Waals surface area contributed by atoms with Crippen molar-refractivity contribution < 1.29 is 4.48 Å². The van der Waals surface area contributed by atoms with E-state index in [2.05, 4.69) is 26.2 Å². The molecule has 0 amide bonds. The van der Waals surface area contributed by atoms with Crippen molar-refractivity contribution in [2.75, 3.05) is 33.2 Å². The number of benzene rings is 1. The van der Waals surface area contributed by atoms with Gasteiger partial charge in [-0.2, -0.15) is 0 Å². The number of hydrogen-bond donors (Lipinski definition) is 1. The maximum absolute atomic E-state index is 6.11. The summed E-state index contributed by atoms with van der Waals surface area (Å²) in [5.41, 5.74) is 0.995. The van der Waals surface area contributed by atoms with Crippen LogP contribution in [0.5, 0.6) is 0 Å². The third-order valence-corrected chi connectivity index (χ3v) is 4.64. The van der Waals surface area contributed by atoms with E-state index in [9.17, 15) is 0 Å². The topological polar surface area (TPSA) is 12.0 Å². The van der Waals surface area contributed by atoms with Gasteiger partial charge in [-0.15, -0.1) is 0 Å². The first kappa shape index (κ1) is 18.1. The Kier molecular flexibility index (Phi) is 7.10. The molecule has 114 valence electrons. The number of likely N-dealkylation sites (N-methyl/N-ethyl adjacent to an activating group) is 1. The van der Waals surface area contributed by atoms with Gasteiger partial charge in [-0.25, -0.2) is 0 Å². The van der Waals surface area contributed by atoms with E-state index >= 15 is 0 Å². The average Bonchev–Trinajstić information content (AvgIpc) is 2.43. The van der Waals surface area contributed by atoms with Crippen LogP contribution in [-0.2, 0) is 0 Å². The lowest BCUT2D eigenvalue weighted by molar-refractivity contribution is -0.905. The molecule has 1 rings (SSSR count). The molecule has 0 aromatic heterocycles. The number of rotatable bonds is 7. The lowest BCUT2D eigenvalue weighted by Crippen LogP contribution is -2.48. The largest absolute Gasteiger partial charge is 0.325 e. The Labute approximate surface area is 137 Å². The van der Waals surface area contributed by atoms with Crippen molar-refractivity contribution in [3.8, 4) is 0 Å². The van der Waals surface area contributed by atoms with Gasteiger partial charge in [-0.05, 0) is 19.4 Å². The van der Waals surface area contributed by atoms with Crippen molar-refractivity contribution in [1.82, 2.24) is 5.32 Å². The van der Waals surface area contributed by atoms with Gasteiger partial charge in [0.2, 0.25) is 3.79 Å². The first-order chi connectivity index (χ1) is 9.32. The molecule has 0 aliphatic heterocycles. The van der Waals surface area contributed by atoms with Gasteiger partial charge in [0.1, 0.15) is 0 Å². The molecule has 5 heteroatoms. The Balaban J connectivity index is 2.69. The number of nitrogens with one attached hydrogen (secondary N) is 1. The molecule has 0 radical (unpaired) electrons. The van der Waals surface area contributed by atoms with Crippen LogP contribution >= 0.6 is 34.8 Å². The summed E-state index contributed by atoms with van der Waals surface area (Å²) >= 11 is 18.3. The molecule has 0 saturated carbocycles. The van der Waals surface area contributed by atoms with Gasteiger partial charge < -0.3 is 9.80 Å². The molecule has 1 N–H and O–H groups in total. The van der Waals surface area contributed by atoms with E-state index in [0.717, 1.165) is 36.2 Å². The summed E-state index contributed by atoms with van der Waals surface area (Å²) in [6.07, 6.45) is 0. The van der Waals surface area contributed by atoms with Gasteiger partial charge >= 0.3 is 0 Å². The SMILES string of the molecule is CC[N+](C)(CC)CCN[C@@H](c1ccccc1)C(Cl)(Cl)Cl. The highest BCUT2D eigenvalue weighted by Crippen LogP contribution is 2.39. The van der Waals surface area contributed by atoms with Crippen LogP contribution in [-0.4, -0.2) is 41.5 Å². The average molecular weight is 339 g/mol. The monoisotopic (exact) mass is 337 g/mol. The summed E-state index contributed by atoms with van der Waals surface area (Å²) < 4.78 is -0.350. The van der Waals surface area contributed by atoms with Gasteiger partial charge in [-0.3, -0.25) is 0 Å². The molecule has 0 aliphatic carbocycles. The number of halogens is 3. The first-order valence-corrected chi connectivity index (χ1v) is 8.14. The zero-order valence-corrected chi connectivity index (χ0v) is 14.6. The molecule has 0 spiro atoms. The number of nitrogens with zero attached hydrogens (tertiary/aromatic N) is 1. The lowest BCUT2D eigenvalue weighted by atomic mass is 10.1. The number of hydrogen-bond acceptors (Lipinski definition) is 1. The Morgan fingerprint density at radius 2 is 1.65 bits per heavy atom. The second-order valence-electron chi connectivity index (χ2n) is 5.31. The van der Waals surface area contributed by atoms with E-state index in [1.165, 1.54) is 0 Å². The van der Waals surface area contributed by atoms with Crippen molar-refractivity contribution >= 4 is 34.8 Å². The molecule has 0 heterocycles. The third-order valence-electron chi connectivity index (χ3n) is 3.99. The minimum Gasteiger partial charge on any atom is -0.325 e. The maximum atomic E-state index is 6.11. The Hall–Kier alpha value is 0.01000. The highest BCUT2D eigenvalue weighted by Gasteiger charge is 2.33. The van der Waals surface area contributed by atoms with Crippen LogP contribution in [0.2, 0.25) is 0 Å². The summed E-state index contributed by atoms with van der Waals surface area (Å²) in [6, 6.07) is 9.54. The van der Waals surface area contributed by atoms with Crippen LogP contribution in [0.15, 0.2) is 30.3 Å². The van der Waals surface area contributed by atoms with Gasteiger partial charge in [-0.1, -0.05) is 65.1 Å². The molecule has 0 bridgehead atoms. The van der Waals surface area contributed by atoms with Crippen LogP contribution < -0.4 is 5.32 Å². The molecule has 2 nitrogen and oxygen atoms in total. The fourth-order valence-electron chi connectivity index (χ4n) is 2.09. The van der Waals surface area contributed by atoms with Crippen LogP contribution in [0.3, 0.4) is 0 Å². The quantitative estimate of drug-likeness (QED) is 0.581. The lowest BCUT2D eigenvalue weighted by Gasteiger charge is -2.34. The van der Waals surface area contributed by atoms with Gasteiger partial charge in [0.05, 0.1) is 32.7 Å². The maximum Gasteiger partial charge on any atom is 0.209 e. The van der Waals surface area contributed by atoms with Crippen molar-refractivity contribution in [3.05, 3.63) is 35.9 Å². The van der Waals surface area contributed by atoms with Crippen molar-refractivity contribution in [1.29, 1.82) is 0 Å². The second kappa shape index (κ2) is 7.86. The van der Waals surface area contributed by atoms with Crippen molar-refractivity contribution in [2.24, 2.45) is 0 Å². The normalized spacial score (nSPS) is 14.3. The van der Waals surface area contributed by atoms with E-state index in [1.54, 1.807) is 0 Å². The van der Waals surface area contributed by atoms with E-state index in [-0.39, 0.29) is 6.04 Å².